The third kappa shape index (κ3) is 4.49. The predicted molar refractivity (Wildman–Crippen MR) is 111 cm³/mol. The van der Waals surface area contributed by atoms with Crippen LogP contribution in [-0.2, 0) is 11.3 Å². The first-order valence-electron chi connectivity index (χ1n) is 9.85. The van der Waals surface area contributed by atoms with Gasteiger partial charge in [0, 0.05) is 30.9 Å². The number of hydrogen-bond donors (Lipinski definition) is 1. The van der Waals surface area contributed by atoms with Crippen molar-refractivity contribution in [1.29, 1.82) is 0 Å². The van der Waals surface area contributed by atoms with E-state index in [0.717, 1.165) is 35.0 Å². The number of carbonyl (C=O) groups excluding carboxylic acids is 1. The van der Waals surface area contributed by atoms with Crippen LogP contribution >= 0.6 is 0 Å². The van der Waals surface area contributed by atoms with Gasteiger partial charge in [-0.1, -0.05) is 48.5 Å². The highest BCUT2D eigenvalue weighted by atomic mass is 16.2. The van der Waals surface area contributed by atoms with Crippen molar-refractivity contribution in [3.05, 3.63) is 72.4 Å². The summed E-state index contributed by atoms with van der Waals surface area (Å²) in [5.41, 5.74) is 4.01. The van der Waals surface area contributed by atoms with Gasteiger partial charge in [-0.25, -0.2) is 4.68 Å². The number of aromatic nitrogens is 2. The van der Waals surface area contributed by atoms with Gasteiger partial charge in [0.05, 0.1) is 17.9 Å². The molecule has 2 aromatic carbocycles. The van der Waals surface area contributed by atoms with Gasteiger partial charge < -0.3 is 10.2 Å². The molecule has 1 heterocycles. The van der Waals surface area contributed by atoms with Gasteiger partial charge in [0.2, 0.25) is 5.91 Å². The second-order valence-electron chi connectivity index (χ2n) is 7.47. The van der Waals surface area contributed by atoms with Gasteiger partial charge in [-0.05, 0) is 37.4 Å². The molecule has 1 aromatic heterocycles. The number of benzene rings is 2. The Hall–Kier alpha value is -2.92. The SMILES string of the molecule is CN(Cc1cn(-c2ccccc2)nc1-c1ccccc1)C(=O)CNCC1CC1. The molecular weight excluding hydrogens is 348 g/mol. The molecule has 0 aliphatic heterocycles. The number of rotatable bonds is 8. The first-order chi connectivity index (χ1) is 13.7. The summed E-state index contributed by atoms with van der Waals surface area (Å²) in [6, 6.07) is 20.2. The molecule has 3 aromatic rings. The zero-order valence-corrected chi connectivity index (χ0v) is 16.2. The van der Waals surface area contributed by atoms with E-state index in [1.165, 1.54) is 12.8 Å². The Morgan fingerprint density at radius 3 is 2.46 bits per heavy atom. The number of nitrogens with one attached hydrogen (secondary N) is 1. The van der Waals surface area contributed by atoms with Crippen LogP contribution in [0.2, 0.25) is 0 Å². The Balaban J connectivity index is 1.54. The van der Waals surface area contributed by atoms with Crippen molar-refractivity contribution >= 4 is 5.91 Å². The largest absolute Gasteiger partial charge is 0.340 e. The van der Waals surface area contributed by atoms with E-state index in [1.807, 2.05) is 66.5 Å². The third-order valence-electron chi connectivity index (χ3n) is 5.10. The molecule has 1 amide bonds. The second kappa shape index (κ2) is 8.40. The number of nitrogens with zero attached hydrogens (tertiary/aromatic N) is 3. The van der Waals surface area contributed by atoms with Crippen molar-refractivity contribution in [1.82, 2.24) is 20.0 Å². The molecule has 1 N–H and O–H groups in total. The fourth-order valence-corrected chi connectivity index (χ4v) is 3.26. The van der Waals surface area contributed by atoms with Crippen LogP contribution in [0.25, 0.3) is 16.9 Å². The van der Waals surface area contributed by atoms with E-state index in [4.69, 9.17) is 5.10 Å². The second-order valence-corrected chi connectivity index (χ2v) is 7.47. The summed E-state index contributed by atoms with van der Waals surface area (Å²) < 4.78 is 1.89. The molecule has 28 heavy (non-hydrogen) atoms. The molecule has 1 saturated carbocycles. The minimum Gasteiger partial charge on any atom is -0.340 e. The highest BCUT2D eigenvalue weighted by Crippen LogP contribution is 2.27. The zero-order valence-electron chi connectivity index (χ0n) is 16.2. The quantitative estimate of drug-likeness (QED) is 0.657. The van der Waals surface area contributed by atoms with Crippen molar-refractivity contribution < 1.29 is 4.79 Å². The van der Waals surface area contributed by atoms with Crippen LogP contribution in [0.4, 0.5) is 0 Å². The summed E-state index contributed by atoms with van der Waals surface area (Å²) in [6.45, 7) is 1.86. The van der Waals surface area contributed by atoms with Crippen LogP contribution < -0.4 is 5.32 Å². The van der Waals surface area contributed by atoms with E-state index in [9.17, 15) is 4.79 Å². The van der Waals surface area contributed by atoms with Crippen molar-refractivity contribution in [2.24, 2.45) is 5.92 Å². The van der Waals surface area contributed by atoms with Crippen LogP contribution in [0.5, 0.6) is 0 Å². The molecule has 0 unspecified atom stereocenters. The van der Waals surface area contributed by atoms with E-state index in [-0.39, 0.29) is 5.91 Å². The zero-order chi connectivity index (χ0) is 19.3. The smallest absolute Gasteiger partial charge is 0.236 e. The van der Waals surface area contributed by atoms with Crippen LogP contribution in [0.3, 0.4) is 0 Å². The van der Waals surface area contributed by atoms with Gasteiger partial charge in [-0.15, -0.1) is 0 Å². The maximum absolute atomic E-state index is 12.5. The average molecular weight is 374 g/mol. The molecular formula is C23H26N4O. The number of hydrogen-bond acceptors (Lipinski definition) is 3. The van der Waals surface area contributed by atoms with Gasteiger partial charge in [0.1, 0.15) is 0 Å². The van der Waals surface area contributed by atoms with E-state index < -0.39 is 0 Å². The van der Waals surface area contributed by atoms with Gasteiger partial charge in [0.25, 0.3) is 0 Å². The van der Waals surface area contributed by atoms with Crippen molar-refractivity contribution in [3.63, 3.8) is 0 Å². The first-order valence-corrected chi connectivity index (χ1v) is 9.85. The van der Waals surface area contributed by atoms with E-state index in [1.54, 1.807) is 4.90 Å². The summed E-state index contributed by atoms with van der Waals surface area (Å²) in [5.74, 6) is 0.874. The lowest BCUT2D eigenvalue weighted by atomic mass is 10.1. The van der Waals surface area contributed by atoms with Crippen LogP contribution in [-0.4, -0.2) is 40.7 Å². The maximum Gasteiger partial charge on any atom is 0.236 e. The number of carbonyl (C=O) groups is 1. The Bertz CT molecular complexity index is 916. The van der Waals surface area contributed by atoms with Gasteiger partial charge >= 0.3 is 0 Å². The molecule has 0 atom stereocenters. The Morgan fingerprint density at radius 1 is 1.11 bits per heavy atom. The minimum absolute atomic E-state index is 0.104. The molecule has 5 nitrogen and oxygen atoms in total. The fraction of sp³-hybridized carbons (Fsp3) is 0.304. The Kier molecular flexibility index (Phi) is 5.53. The summed E-state index contributed by atoms with van der Waals surface area (Å²) in [5, 5.41) is 8.10. The minimum atomic E-state index is 0.104. The third-order valence-corrected chi connectivity index (χ3v) is 5.10. The highest BCUT2D eigenvalue weighted by Gasteiger charge is 2.21. The lowest BCUT2D eigenvalue weighted by Gasteiger charge is -2.17. The number of amides is 1. The van der Waals surface area contributed by atoms with E-state index >= 15 is 0 Å². The van der Waals surface area contributed by atoms with Crippen molar-refractivity contribution in [2.45, 2.75) is 19.4 Å². The maximum atomic E-state index is 12.5. The topological polar surface area (TPSA) is 50.2 Å². The van der Waals surface area contributed by atoms with Crippen molar-refractivity contribution in [3.8, 4) is 16.9 Å². The normalized spacial score (nSPS) is 13.5. The molecule has 0 bridgehead atoms. The highest BCUT2D eigenvalue weighted by molar-refractivity contribution is 5.78. The number of para-hydroxylation sites is 1. The van der Waals surface area contributed by atoms with Crippen LogP contribution in [0, 0.1) is 5.92 Å². The Labute approximate surface area is 166 Å². The van der Waals surface area contributed by atoms with Gasteiger partial charge in [0.15, 0.2) is 0 Å². The van der Waals surface area contributed by atoms with Gasteiger partial charge in [-0.3, -0.25) is 4.79 Å². The van der Waals surface area contributed by atoms with Crippen LogP contribution in [0.15, 0.2) is 66.9 Å². The lowest BCUT2D eigenvalue weighted by molar-refractivity contribution is -0.129. The molecule has 4 rings (SSSR count). The molecule has 1 aliphatic carbocycles. The molecule has 1 aliphatic rings. The molecule has 5 heteroatoms. The van der Waals surface area contributed by atoms with Crippen LogP contribution in [0.1, 0.15) is 18.4 Å². The summed E-state index contributed by atoms with van der Waals surface area (Å²) in [6.07, 6.45) is 4.60. The average Bonchev–Trinajstić information content (AvgIpc) is 3.47. The predicted octanol–water partition coefficient (Wildman–Crippen LogP) is 3.50. The van der Waals surface area contributed by atoms with E-state index in [2.05, 4.69) is 17.4 Å². The molecule has 0 radical (unpaired) electrons. The fourth-order valence-electron chi connectivity index (χ4n) is 3.26. The summed E-state index contributed by atoms with van der Waals surface area (Å²) >= 11 is 0. The summed E-state index contributed by atoms with van der Waals surface area (Å²) in [7, 11) is 1.86. The molecule has 144 valence electrons. The summed E-state index contributed by atoms with van der Waals surface area (Å²) in [4.78, 5) is 14.3. The Morgan fingerprint density at radius 2 is 1.79 bits per heavy atom. The number of likely N-dealkylation sites (N-methyl/N-ethyl adjacent to an activating group) is 1. The molecule has 1 fully saturated rings. The first kappa shape index (κ1) is 18.4. The van der Waals surface area contributed by atoms with Gasteiger partial charge in [-0.2, -0.15) is 5.10 Å². The van der Waals surface area contributed by atoms with Crippen molar-refractivity contribution in [2.75, 3.05) is 20.1 Å². The molecule has 0 saturated heterocycles. The standard InChI is InChI=1S/C23H26N4O/c1-26(22(28)15-24-14-18-12-13-18)16-20-17-27(21-10-6-3-7-11-21)25-23(20)19-8-4-2-5-9-19/h2-11,17-18,24H,12-16H2,1H3. The monoisotopic (exact) mass is 374 g/mol. The molecule has 0 spiro atoms. The lowest BCUT2D eigenvalue weighted by Crippen LogP contribution is -2.35. The van der Waals surface area contributed by atoms with E-state index in [0.29, 0.717) is 13.1 Å².